The van der Waals surface area contributed by atoms with Crippen LogP contribution in [0.15, 0.2) is 35.5 Å². The van der Waals surface area contributed by atoms with Crippen molar-refractivity contribution in [1.29, 1.82) is 0 Å². The van der Waals surface area contributed by atoms with E-state index in [1.807, 2.05) is 19.1 Å². The fourth-order valence-electron chi connectivity index (χ4n) is 2.69. The summed E-state index contributed by atoms with van der Waals surface area (Å²) in [6.45, 7) is 4.03. The van der Waals surface area contributed by atoms with Crippen molar-refractivity contribution in [2.75, 3.05) is 13.7 Å². The van der Waals surface area contributed by atoms with Crippen LogP contribution in [0.3, 0.4) is 0 Å². The lowest BCUT2D eigenvalue weighted by molar-refractivity contribution is -0.139. The van der Waals surface area contributed by atoms with Gasteiger partial charge in [0.25, 0.3) is 0 Å². The topological polar surface area (TPSA) is 58.6 Å². The Morgan fingerprint density at radius 3 is 2.65 bits per heavy atom. The first-order valence-corrected chi connectivity index (χ1v) is 8.07. The lowest BCUT2D eigenvalue weighted by Gasteiger charge is -2.35. The van der Waals surface area contributed by atoms with E-state index in [-0.39, 0.29) is 12.6 Å². The van der Waals surface area contributed by atoms with Crippen molar-refractivity contribution in [3.63, 3.8) is 0 Å². The predicted octanol–water partition coefficient (Wildman–Crippen LogP) is 3.65. The second kappa shape index (κ2) is 7.51. The maximum absolute atomic E-state index is 12.5. The van der Waals surface area contributed by atoms with Crippen LogP contribution in [-0.4, -0.2) is 30.6 Å². The van der Waals surface area contributed by atoms with Crippen molar-refractivity contribution in [1.82, 2.24) is 10.2 Å². The summed E-state index contributed by atoms with van der Waals surface area (Å²) in [5, 5.41) is 3.34. The Hall–Kier alpha value is -2.01. The molecule has 5 nitrogen and oxygen atoms in total. The summed E-state index contributed by atoms with van der Waals surface area (Å²) in [7, 11) is 1.66. The summed E-state index contributed by atoms with van der Waals surface area (Å²) in [6, 6.07) is 6.32. The molecule has 0 unspecified atom stereocenters. The quantitative estimate of drug-likeness (QED) is 0.835. The molecule has 124 valence electrons. The molecule has 0 aliphatic carbocycles. The molecule has 1 aromatic carbocycles. The first kappa shape index (κ1) is 17.3. The van der Waals surface area contributed by atoms with Crippen molar-refractivity contribution in [2.45, 2.75) is 32.7 Å². The van der Waals surface area contributed by atoms with Gasteiger partial charge >= 0.3 is 12.0 Å². The van der Waals surface area contributed by atoms with Gasteiger partial charge in [-0.05, 0) is 25.0 Å². The normalized spacial score (nSPS) is 18.0. The molecule has 2 amide bonds. The molecule has 1 aliphatic rings. The Labute approximate surface area is 141 Å². The van der Waals surface area contributed by atoms with Crippen LogP contribution in [0.5, 0.6) is 0 Å². The molecule has 1 N–H and O–H groups in total. The number of benzene rings is 1. The fourth-order valence-corrected chi connectivity index (χ4v) is 2.93. The largest absolute Gasteiger partial charge is 0.463 e. The molecule has 6 heteroatoms. The first-order valence-electron chi connectivity index (χ1n) is 7.70. The van der Waals surface area contributed by atoms with E-state index in [4.69, 9.17) is 16.3 Å². The van der Waals surface area contributed by atoms with Crippen LogP contribution in [0.4, 0.5) is 4.79 Å². The number of carbonyl (C=O) groups excluding carboxylic acids is 2. The van der Waals surface area contributed by atoms with Gasteiger partial charge in [0.1, 0.15) is 0 Å². The third-order valence-corrected chi connectivity index (χ3v) is 4.12. The molecule has 1 heterocycles. The Morgan fingerprint density at radius 1 is 1.35 bits per heavy atom. The zero-order valence-electron chi connectivity index (χ0n) is 13.6. The van der Waals surface area contributed by atoms with Gasteiger partial charge in [0.2, 0.25) is 0 Å². The van der Waals surface area contributed by atoms with Gasteiger partial charge in [-0.15, -0.1) is 0 Å². The average Bonchev–Trinajstić information content (AvgIpc) is 2.52. The number of nitrogens with zero attached hydrogens (tertiary/aromatic N) is 1. The monoisotopic (exact) mass is 336 g/mol. The number of ether oxygens (including phenoxy) is 1. The zero-order chi connectivity index (χ0) is 17.0. The molecule has 0 fully saturated rings. The molecule has 0 saturated heterocycles. The van der Waals surface area contributed by atoms with Crippen molar-refractivity contribution in [3.05, 3.63) is 46.1 Å². The highest BCUT2D eigenvalue weighted by Crippen LogP contribution is 2.35. The fraction of sp³-hybridized carbons (Fsp3) is 0.412. The summed E-state index contributed by atoms with van der Waals surface area (Å²) in [5.41, 5.74) is 1.82. The van der Waals surface area contributed by atoms with E-state index in [9.17, 15) is 9.59 Å². The van der Waals surface area contributed by atoms with Crippen LogP contribution in [0.25, 0.3) is 0 Å². The van der Waals surface area contributed by atoms with Gasteiger partial charge in [0, 0.05) is 17.8 Å². The van der Waals surface area contributed by atoms with Crippen LogP contribution in [-0.2, 0) is 9.53 Å². The second-order valence-corrected chi connectivity index (χ2v) is 5.70. The molecule has 0 aromatic heterocycles. The second-order valence-electron chi connectivity index (χ2n) is 5.29. The number of amides is 2. The number of hydrogen-bond acceptors (Lipinski definition) is 3. The van der Waals surface area contributed by atoms with E-state index in [2.05, 4.69) is 5.32 Å². The van der Waals surface area contributed by atoms with Crippen LogP contribution in [0.2, 0.25) is 5.02 Å². The molecular weight excluding hydrogens is 316 g/mol. The predicted molar refractivity (Wildman–Crippen MR) is 89.1 cm³/mol. The minimum Gasteiger partial charge on any atom is -0.463 e. The van der Waals surface area contributed by atoms with Gasteiger partial charge in [-0.1, -0.05) is 43.1 Å². The first-order chi connectivity index (χ1) is 11.0. The third-order valence-electron chi connectivity index (χ3n) is 3.78. The maximum atomic E-state index is 12.5. The highest BCUT2D eigenvalue weighted by Gasteiger charge is 2.36. The minimum absolute atomic E-state index is 0.258. The van der Waals surface area contributed by atoms with Crippen LogP contribution in [0.1, 0.15) is 38.3 Å². The van der Waals surface area contributed by atoms with Gasteiger partial charge in [-0.3, -0.25) is 0 Å². The average molecular weight is 337 g/mol. The van der Waals surface area contributed by atoms with Crippen molar-refractivity contribution < 1.29 is 14.3 Å². The number of hydrogen-bond donors (Lipinski definition) is 1. The van der Waals surface area contributed by atoms with Gasteiger partial charge < -0.3 is 15.0 Å². The Kier molecular flexibility index (Phi) is 5.66. The Balaban J connectivity index is 2.60. The highest BCUT2D eigenvalue weighted by atomic mass is 35.5. The SMILES string of the molecule is CCCC1=C(C(=O)OCC)[C@H](c2ccccc2Cl)NC(=O)N1C. The van der Waals surface area contributed by atoms with E-state index in [0.29, 0.717) is 28.3 Å². The summed E-state index contributed by atoms with van der Waals surface area (Å²) >= 11 is 6.27. The Bertz CT molecular complexity index is 642. The van der Waals surface area contributed by atoms with Crippen molar-refractivity contribution in [3.8, 4) is 0 Å². The zero-order valence-corrected chi connectivity index (χ0v) is 14.3. The highest BCUT2D eigenvalue weighted by molar-refractivity contribution is 6.31. The summed E-state index contributed by atoms with van der Waals surface area (Å²) < 4.78 is 5.22. The Morgan fingerprint density at radius 2 is 2.04 bits per heavy atom. The molecule has 0 radical (unpaired) electrons. The molecule has 1 aromatic rings. The minimum atomic E-state index is -0.604. The van der Waals surface area contributed by atoms with Crippen LogP contribution in [0, 0.1) is 0 Å². The number of urea groups is 1. The lowest BCUT2D eigenvalue weighted by atomic mass is 9.93. The summed E-state index contributed by atoms with van der Waals surface area (Å²) in [4.78, 5) is 26.3. The van der Waals surface area contributed by atoms with Crippen molar-refractivity contribution in [2.24, 2.45) is 0 Å². The molecule has 0 spiro atoms. The molecule has 0 saturated carbocycles. The van der Waals surface area contributed by atoms with Crippen LogP contribution < -0.4 is 5.32 Å². The molecule has 1 atom stereocenters. The van der Waals surface area contributed by atoms with E-state index in [1.54, 1.807) is 26.1 Å². The number of esters is 1. The maximum Gasteiger partial charge on any atom is 0.338 e. The molecular formula is C17H21ClN2O3. The van der Waals surface area contributed by atoms with Gasteiger partial charge in [-0.2, -0.15) is 0 Å². The summed E-state index contributed by atoms with van der Waals surface area (Å²) in [6.07, 6.45) is 1.42. The van der Waals surface area contributed by atoms with Gasteiger partial charge in [-0.25, -0.2) is 9.59 Å². The number of carbonyl (C=O) groups is 2. The molecule has 1 aliphatic heterocycles. The van der Waals surface area contributed by atoms with Gasteiger partial charge in [0.05, 0.1) is 18.2 Å². The number of allylic oxidation sites excluding steroid dienone is 1. The standard InChI is InChI=1S/C17H21ClN2O3/c1-4-8-13-14(16(21)23-5-2)15(19-17(22)20(13)3)11-9-6-7-10-12(11)18/h6-7,9-10,15H,4-5,8H2,1-3H3,(H,19,22)/t15-/m0/s1. The van der Waals surface area contributed by atoms with E-state index in [1.165, 1.54) is 4.90 Å². The smallest absolute Gasteiger partial charge is 0.338 e. The van der Waals surface area contributed by atoms with Crippen LogP contribution >= 0.6 is 11.6 Å². The van der Waals surface area contributed by atoms with Gasteiger partial charge in [0.15, 0.2) is 0 Å². The third kappa shape index (κ3) is 3.50. The molecule has 2 rings (SSSR count). The number of halogens is 1. The number of rotatable bonds is 5. The summed E-state index contributed by atoms with van der Waals surface area (Å²) in [5.74, 6) is -0.423. The molecule has 0 bridgehead atoms. The molecule has 23 heavy (non-hydrogen) atoms. The lowest BCUT2D eigenvalue weighted by Crippen LogP contribution is -2.47. The van der Waals surface area contributed by atoms with E-state index in [0.717, 1.165) is 6.42 Å². The van der Waals surface area contributed by atoms with Crippen molar-refractivity contribution >= 4 is 23.6 Å². The van der Waals surface area contributed by atoms with E-state index < -0.39 is 12.0 Å². The van der Waals surface area contributed by atoms with E-state index >= 15 is 0 Å². The number of nitrogens with one attached hydrogen (secondary N) is 1.